The SMILES string of the molecule is FC(F)(F)c1ccc(Br)nc1CBr. The van der Waals surface area contributed by atoms with Crippen molar-refractivity contribution in [1.82, 2.24) is 4.98 Å². The molecule has 0 spiro atoms. The molecule has 1 aromatic heterocycles. The van der Waals surface area contributed by atoms with Crippen molar-refractivity contribution in [1.29, 1.82) is 0 Å². The Balaban J connectivity index is 3.22. The summed E-state index contributed by atoms with van der Waals surface area (Å²) in [4.78, 5) is 3.71. The van der Waals surface area contributed by atoms with Crippen molar-refractivity contribution in [3.8, 4) is 0 Å². The lowest BCUT2D eigenvalue weighted by atomic mass is 10.2. The van der Waals surface area contributed by atoms with Gasteiger partial charge in [-0.1, -0.05) is 15.9 Å². The second kappa shape index (κ2) is 3.96. The molecule has 0 bridgehead atoms. The van der Waals surface area contributed by atoms with Crippen molar-refractivity contribution in [3.05, 3.63) is 28.0 Å². The highest BCUT2D eigenvalue weighted by atomic mass is 79.9. The summed E-state index contributed by atoms with van der Waals surface area (Å²) in [7, 11) is 0. The molecular formula is C7H4Br2F3N. The van der Waals surface area contributed by atoms with E-state index in [2.05, 4.69) is 36.8 Å². The summed E-state index contributed by atoms with van der Waals surface area (Å²) >= 11 is 5.96. The Labute approximate surface area is 89.6 Å². The van der Waals surface area contributed by atoms with Gasteiger partial charge in [-0.15, -0.1) is 0 Å². The Morgan fingerprint density at radius 3 is 2.38 bits per heavy atom. The first-order chi connectivity index (χ1) is 5.95. The molecule has 1 nitrogen and oxygen atoms in total. The fourth-order valence-electron chi connectivity index (χ4n) is 0.835. The van der Waals surface area contributed by atoms with Crippen LogP contribution in [0.25, 0.3) is 0 Å². The van der Waals surface area contributed by atoms with Gasteiger partial charge in [0.2, 0.25) is 0 Å². The highest BCUT2D eigenvalue weighted by Gasteiger charge is 2.33. The first-order valence-corrected chi connectivity index (χ1v) is 5.15. The van der Waals surface area contributed by atoms with Crippen molar-refractivity contribution in [2.45, 2.75) is 11.5 Å². The van der Waals surface area contributed by atoms with Crippen LogP contribution in [0.1, 0.15) is 11.3 Å². The van der Waals surface area contributed by atoms with Crippen molar-refractivity contribution in [3.63, 3.8) is 0 Å². The van der Waals surface area contributed by atoms with E-state index in [4.69, 9.17) is 0 Å². The van der Waals surface area contributed by atoms with E-state index >= 15 is 0 Å². The molecule has 0 atom stereocenters. The standard InChI is InChI=1S/C7H4Br2F3N/c8-3-5-4(7(10,11)12)1-2-6(9)13-5/h1-2H,3H2. The fourth-order valence-corrected chi connectivity index (χ4v) is 1.61. The largest absolute Gasteiger partial charge is 0.418 e. The summed E-state index contributed by atoms with van der Waals surface area (Å²) in [5, 5.41) is 0.0846. The van der Waals surface area contributed by atoms with Crippen LogP contribution < -0.4 is 0 Å². The van der Waals surface area contributed by atoms with Gasteiger partial charge >= 0.3 is 6.18 Å². The van der Waals surface area contributed by atoms with Crippen LogP contribution in [0.15, 0.2) is 16.7 Å². The van der Waals surface area contributed by atoms with E-state index in [1.54, 1.807) is 0 Å². The van der Waals surface area contributed by atoms with Gasteiger partial charge in [-0.2, -0.15) is 13.2 Å². The average Bonchev–Trinajstić information content (AvgIpc) is 2.01. The molecule has 13 heavy (non-hydrogen) atoms. The number of halogens is 5. The lowest BCUT2D eigenvalue weighted by Gasteiger charge is -2.09. The number of rotatable bonds is 1. The second-order valence-corrected chi connectivity index (χ2v) is 3.63. The van der Waals surface area contributed by atoms with E-state index in [1.807, 2.05) is 0 Å². The Morgan fingerprint density at radius 2 is 1.92 bits per heavy atom. The van der Waals surface area contributed by atoms with Crippen LogP contribution in [0.4, 0.5) is 13.2 Å². The summed E-state index contributed by atoms with van der Waals surface area (Å²) in [6.45, 7) is 0. The van der Waals surface area contributed by atoms with Crippen molar-refractivity contribution >= 4 is 31.9 Å². The van der Waals surface area contributed by atoms with Crippen molar-refractivity contribution < 1.29 is 13.2 Å². The van der Waals surface area contributed by atoms with Gasteiger partial charge < -0.3 is 0 Å². The minimum absolute atomic E-state index is 0.0122. The minimum atomic E-state index is -4.34. The molecule has 0 aliphatic rings. The molecule has 0 unspecified atom stereocenters. The number of pyridine rings is 1. The molecule has 6 heteroatoms. The molecule has 72 valence electrons. The molecule has 0 aromatic carbocycles. The Morgan fingerprint density at radius 1 is 1.31 bits per heavy atom. The normalized spacial score (nSPS) is 11.8. The topological polar surface area (TPSA) is 12.9 Å². The van der Waals surface area contributed by atoms with Crippen LogP contribution in [0.3, 0.4) is 0 Å². The monoisotopic (exact) mass is 317 g/mol. The van der Waals surface area contributed by atoms with Gasteiger partial charge in [0.05, 0.1) is 11.3 Å². The van der Waals surface area contributed by atoms with E-state index < -0.39 is 11.7 Å². The molecule has 0 amide bonds. The molecule has 1 aromatic rings. The number of alkyl halides is 4. The molecule has 0 aliphatic heterocycles. The van der Waals surface area contributed by atoms with Crippen LogP contribution >= 0.6 is 31.9 Å². The van der Waals surface area contributed by atoms with E-state index in [1.165, 1.54) is 6.07 Å². The summed E-state index contributed by atoms with van der Waals surface area (Å²) in [6, 6.07) is 2.28. The summed E-state index contributed by atoms with van der Waals surface area (Å²) < 4.78 is 37.3. The second-order valence-electron chi connectivity index (χ2n) is 2.26. The van der Waals surface area contributed by atoms with E-state index in [0.717, 1.165) is 6.07 Å². The molecule has 0 N–H and O–H groups in total. The Kier molecular flexibility index (Phi) is 3.34. The zero-order valence-electron chi connectivity index (χ0n) is 6.20. The van der Waals surface area contributed by atoms with Gasteiger partial charge in [0, 0.05) is 5.33 Å². The molecule has 0 radical (unpaired) electrons. The summed E-state index contributed by atoms with van der Waals surface area (Å²) in [5.41, 5.74) is -0.713. The third-order valence-electron chi connectivity index (χ3n) is 1.37. The smallest absolute Gasteiger partial charge is 0.244 e. The van der Waals surface area contributed by atoms with Gasteiger partial charge in [-0.05, 0) is 28.1 Å². The van der Waals surface area contributed by atoms with Crippen LogP contribution in [0.5, 0.6) is 0 Å². The van der Waals surface area contributed by atoms with E-state index in [-0.39, 0.29) is 11.0 Å². The van der Waals surface area contributed by atoms with E-state index in [9.17, 15) is 13.2 Å². The summed E-state index contributed by atoms with van der Waals surface area (Å²) in [6.07, 6.45) is -4.34. The van der Waals surface area contributed by atoms with Gasteiger partial charge in [0.15, 0.2) is 0 Å². The van der Waals surface area contributed by atoms with E-state index in [0.29, 0.717) is 4.60 Å². The van der Waals surface area contributed by atoms with Gasteiger partial charge in [0.1, 0.15) is 4.60 Å². The highest BCUT2D eigenvalue weighted by molar-refractivity contribution is 9.10. The molecular weight excluding hydrogens is 315 g/mol. The maximum absolute atomic E-state index is 12.3. The first kappa shape index (κ1) is 11.0. The predicted molar refractivity (Wildman–Crippen MR) is 49.6 cm³/mol. The third kappa shape index (κ3) is 2.67. The zero-order chi connectivity index (χ0) is 10.1. The van der Waals surface area contributed by atoms with Gasteiger partial charge in [-0.25, -0.2) is 4.98 Å². The zero-order valence-corrected chi connectivity index (χ0v) is 9.37. The van der Waals surface area contributed by atoms with Crippen molar-refractivity contribution in [2.75, 3.05) is 0 Å². The molecule has 1 heterocycles. The van der Waals surface area contributed by atoms with Crippen LogP contribution in [0, 0.1) is 0 Å². The first-order valence-electron chi connectivity index (χ1n) is 3.23. The maximum atomic E-state index is 12.3. The van der Waals surface area contributed by atoms with Crippen molar-refractivity contribution in [2.24, 2.45) is 0 Å². The quantitative estimate of drug-likeness (QED) is 0.567. The third-order valence-corrected chi connectivity index (χ3v) is 2.34. The summed E-state index contributed by atoms with van der Waals surface area (Å²) in [5.74, 6) is 0. The number of nitrogens with zero attached hydrogens (tertiary/aromatic N) is 1. The molecule has 0 fully saturated rings. The molecule has 0 saturated heterocycles. The lowest BCUT2D eigenvalue weighted by molar-refractivity contribution is -0.138. The Bertz CT molecular complexity index is 311. The maximum Gasteiger partial charge on any atom is 0.418 e. The lowest BCUT2D eigenvalue weighted by Crippen LogP contribution is -2.09. The predicted octanol–water partition coefficient (Wildman–Crippen LogP) is 3.76. The highest BCUT2D eigenvalue weighted by Crippen LogP contribution is 2.32. The number of hydrogen-bond donors (Lipinski definition) is 0. The molecule has 0 saturated carbocycles. The minimum Gasteiger partial charge on any atom is -0.244 e. The average molecular weight is 319 g/mol. The van der Waals surface area contributed by atoms with Crippen LogP contribution in [-0.2, 0) is 11.5 Å². The molecule has 1 rings (SSSR count). The molecule has 0 aliphatic carbocycles. The number of aromatic nitrogens is 1. The Hall–Kier alpha value is -0.100. The van der Waals surface area contributed by atoms with Gasteiger partial charge in [0.25, 0.3) is 0 Å². The van der Waals surface area contributed by atoms with Crippen LogP contribution in [0.2, 0.25) is 0 Å². The van der Waals surface area contributed by atoms with Crippen LogP contribution in [-0.4, -0.2) is 4.98 Å². The number of hydrogen-bond acceptors (Lipinski definition) is 1. The van der Waals surface area contributed by atoms with Gasteiger partial charge in [-0.3, -0.25) is 0 Å². The fraction of sp³-hybridized carbons (Fsp3) is 0.286.